The third-order valence-electron chi connectivity index (χ3n) is 3.26. The van der Waals surface area contributed by atoms with Gasteiger partial charge in [-0.2, -0.15) is 0 Å². The van der Waals surface area contributed by atoms with E-state index in [4.69, 9.17) is 9.47 Å². The lowest BCUT2D eigenvalue weighted by atomic mass is 10.1. The van der Waals surface area contributed by atoms with Crippen LogP contribution in [-0.4, -0.2) is 28.9 Å². The van der Waals surface area contributed by atoms with E-state index in [1.165, 1.54) is 0 Å². The number of ether oxygens (including phenoxy) is 2. The van der Waals surface area contributed by atoms with Crippen LogP contribution in [0.3, 0.4) is 0 Å². The predicted octanol–water partition coefficient (Wildman–Crippen LogP) is 3.73. The molecule has 1 aromatic carbocycles. The highest BCUT2D eigenvalue weighted by Gasteiger charge is 2.46. The van der Waals surface area contributed by atoms with Gasteiger partial charge in [-0.1, -0.05) is 30.3 Å². The van der Waals surface area contributed by atoms with Gasteiger partial charge in [-0.3, -0.25) is 4.90 Å². The van der Waals surface area contributed by atoms with Gasteiger partial charge in [-0.15, -0.1) is 0 Å². The third-order valence-corrected chi connectivity index (χ3v) is 3.26. The molecule has 1 amide bonds. The summed E-state index contributed by atoms with van der Waals surface area (Å²) in [6.45, 7) is 9.86. The summed E-state index contributed by atoms with van der Waals surface area (Å²) < 4.78 is 11.3. The number of hydrogen-bond acceptors (Lipinski definition) is 3. The Morgan fingerprint density at radius 3 is 2.45 bits per heavy atom. The Hall–Kier alpha value is -1.55. The molecule has 1 aliphatic rings. The molecule has 20 heavy (non-hydrogen) atoms. The standard InChI is InChI=1S/C16H23NO3/c1-15(2,3)20-14(18)17-13(11-19-16(17,4)5)12-9-7-6-8-10-12/h6-10,13H,11H2,1-5H3/t13-/m1/s1. The van der Waals surface area contributed by atoms with E-state index in [9.17, 15) is 4.79 Å². The Balaban J connectivity index is 2.27. The van der Waals surface area contributed by atoms with E-state index in [-0.39, 0.29) is 12.1 Å². The largest absolute Gasteiger partial charge is 0.444 e. The van der Waals surface area contributed by atoms with Crippen molar-refractivity contribution >= 4 is 6.09 Å². The van der Waals surface area contributed by atoms with Crippen LogP contribution in [0.4, 0.5) is 4.79 Å². The molecule has 0 radical (unpaired) electrons. The minimum absolute atomic E-state index is 0.110. The van der Waals surface area contributed by atoms with Crippen LogP contribution in [0.15, 0.2) is 30.3 Å². The number of carbonyl (C=O) groups excluding carboxylic acids is 1. The minimum atomic E-state index is -0.664. The summed E-state index contributed by atoms with van der Waals surface area (Å²) in [6.07, 6.45) is -0.339. The van der Waals surface area contributed by atoms with Crippen molar-refractivity contribution in [3.8, 4) is 0 Å². The molecule has 1 aromatic rings. The van der Waals surface area contributed by atoms with Crippen LogP contribution in [0.25, 0.3) is 0 Å². The number of nitrogens with zero attached hydrogens (tertiary/aromatic N) is 1. The van der Waals surface area contributed by atoms with Gasteiger partial charge in [0.2, 0.25) is 0 Å². The second kappa shape index (κ2) is 5.09. The highest BCUT2D eigenvalue weighted by molar-refractivity contribution is 5.70. The Morgan fingerprint density at radius 2 is 1.90 bits per heavy atom. The van der Waals surface area contributed by atoms with Crippen molar-refractivity contribution in [1.82, 2.24) is 4.90 Å². The molecular weight excluding hydrogens is 254 g/mol. The molecule has 110 valence electrons. The molecular formula is C16H23NO3. The van der Waals surface area contributed by atoms with Crippen molar-refractivity contribution in [3.05, 3.63) is 35.9 Å². The highest BCUT2D eigenvalue weighted by atomic mass is 16.6. The zero-order valence-electron chi connectivity index (χ0n) is 12.8. The van der Waals surface area contributed by atoms with Gasteiger partial charge in [0.15, 0.2) is 0 Å². The summed E-state index contributed by atoms with van der Waals surface area (Å²) in [7, 11) is 0. The lowest BCUT2D eigenvalue weighted by Gasteiger charge is -2.35. The molecule has 0 aromatic heterocycles. The maximum Gasteiger partial charge on any atom is 0.413 e. The molecule has 0 spiro atoms. The van der Waals surface area contributed by atoms with Crippen molar-refractivity contribution in [1.29, 1.82) is 0 Å². The zero-order valence-corrected chi connectivity index (χ0v) is 12.8. The van der Waals surface area contributed by atoms with Gasteiger partial charge < -0.3 is 9.47 Å². The lowest BCUT2D eigenvalue weighted by Crippen LogP contribution is -2.47. The molecule has 1 heterocycles. The fourth-order valence-electron chi connectivity index (χ4n) is 2.38. The van der Waals surface area contributed by atoms with Crippen LogP contribution >= 0.6 is 0 Å². The van der Waals surface area contributed by atoms with Crippen LogP contribution in [0.5, 0.6) is 0 Å². The van der Waals surface area contributed by atoms with Crippen LogP contribution in [0, 0.1) is 0 Å². The van der Waals surface area contributed by atoms with E-state index in [0.717, 1.165) is 5.56 Å². The summed E-state index contributed by atoms with van der Waals surface area (Å²) in [5.74, 6) is 0. The maximum absolute atomic E-state index is 12.5. The van der Waals surface area contributed by atoms with Crippen molar-refractivity contribution in [2.75, 3.05) is 6.61 Å². The molecule has 1 aliphatic heterocycles. The van der Waals surface area contributed by atoms with E-state index in [0.29, 0.717) is 6.61 Å². The normalized spacial score (nSPS) is 21.9. The van der Waals surface area contributed by atoms with E-state index in [1.54, 1.807) is 4.90 Å². The van der Waals surface area contributed by atoms with E-state index < -0.39 is 11.3 Å². The van der Waals surface area contributed by atoms with Gasteiger partial charge in [0.25, 0.3) is 0 Å². The predicted molar refractivity (Wildman–Crippen MR) is 77.3 cm³/mol. The molecule has 2 rings (SSSR count). The molecule has 1 saturated heterocycles. The molecule has 1 atom stereocenters. The Labute approximate surface area is 120 Å². The van der Waals surface area contributed by atoms with Crippen molar-refractivity contribution in [2.24, 2.45) is 0 Å². The molecule has 0 saturated carbocycles. The molecule has 0 bridgehead atoms. The summed E-state index contributed by atoms with van der Waals surface area (Å²) >= 11 is 0. The van der Waals surface area contributed by atoms with E-state index >= 15 is 0 Å². The van der Waals surface area contributed by atoms with E-state index in [2.05, 4.69) is 0 Å². The molecule has 1 fully saturated rings. The first-order valence-corrected chi connectivity index (χ1v) is 6.92. The van der Waals surface area contributed by atoms with Gasteiger partial charge in [0.05, 0.1) is 12.6 Å². The fourth-order valence-corrected chi connectivity index (χ4v) is 2.38. The summed E-state index contributed by atoms with van der Waals surface area (Å²) in [4.78, 5) is 14.2. The molecule has 0 unspecified atom stereocenters. The SMILES string of the molecule is CC(C)(C)OC(=O)N1[C@@H](c2ccccc2)COC1(C)C. The number of hydrogen-bond donors (Lipinski definition) is 0. The summed E-state index contributed by atoms with van der Waals surface area (Å²) in [6, 6.07) is 9.80. The highest BCUT2D eigenvalue weighted by Crippen LogP contribution is 2.37. The topological polar surface area (TPSA) is 38.8 Å². The van der Waals surface area contributed by atoms with Crippen LogP contribution < -0.4 is 0 Å². The quantitative estimate of drug-likeness (QED) is 0.785. The summed E-state index contributed by atoms with van der Waals surface area (Å²) in [5.41, 5.74) is -0.122. The lowest BCUT2D eigenvalue weighted by molar-refractivity contribution is -0.0626. The van der Waals surface area contributed by atoms with E-state index in [1.807, 2.05) is 65.0 Å². The Bertz CT molecular complexity index is 476. The number of rotatable bonds is 1. The molecule has 4 heteroatoms. The average Bonchev–Trinajstić information content (AvgIpc) is 2.64. The zero-order chi connectivity index (χ0) is 15.0. The van der Waals surface area contributed by atoms with Crippen LogP contribution in [0.2, 0.25) is 0 Å². The Kier molecular flexibility index (Phi) is 3.78. The van der Waals surface area contributed by atoms with Crippen molar-refractivity contribution < 1.29 is 14.3 Å². The molecule has 4 nitrogen and oxygen atoms in total. The van der Waals surface area contributed by atoms with Gasteiger partial charge >= 0.3 is 6.09 Å². The number of benzene rings is 1. The first kappa shape index (κ1) is 14.9. The smallest absolute Gasteiger partial charge is 0.413 e. The molecule has 0 N–H and O–H groups in total. The second-order valence-electron chi connectivity index (χ2n) is 6.53. The average molecular weight is 277 g/mol. The Morgan fingerprint density at radius 1 is 1.30 bits per heavy atom. The fraction of sp³-hybridized carbons (Fsp3) is 0.562. The second-order valence-corrected chi connectivity index (χ2v) is 6.53. The number of carbonyl (C=O) groups is 1. The van der Waals surface area contributed by atoms with Crippen LogP contribution in [0.1, 0.15) is 46.2 Å². The molecule has 0 aliphatic carbocycles. The first-order chi connectivity index (χ1) is 9.21. The number of amides is 1. The third kappa shape index (κ3) is 3.12. The van der Waals surface area contributed by atoms with Gasteiger partial charge in [0.1, 0.15) is 11.3 Å². The van der Waals surface area contributed by atoms with Gasteiger partial charge in [-0.25, -0.2) is 4.79 Å². The van der Waals surface area contributed by atoms with Crippen molar-refractivity contribution in [3.63, 3.8) is 0 Å². The van der Waals surface area contributed by atoms with Gasteiger partial charge in [0, 0.05) is 0 Å². The first-order valence-electron chi connectivity index (χ1n) is 6.92. The maximum atomic E-state index is 12.5. The minimum Gasteiger partial charge on any atom is -0.444 e. The van der Waals surface area contributed by atoms with Crippen molar-refractivity contribution in [2.45, 2.75) is 52.0 Å². The van der Waals surface area contributed by atoms with Crippen LogP contribution in [-0.2, 0) is 9.47 Å². The summed E-state index contributed by atoms with van der Waals surface area (Å²) in [5, 5.41) is 0. The monoisotopic (exact) mass is 277 g/mol. The van der Waals surface area contributed by atoms with Gasteiger partial charge in [-0.05, 0) is 40.2 Å².